The number of pyridine rings is 1. The fraction of sp³-hybridized carbons (Fsp3) is 0.0588. The van der Waals surface area contributed by atoms with Crippen LogP contribution < -0.4 is 0 Å². The maximum absolute atomic E-state index is 10.8. The first-order valence-corrected chi connectivity index (χ1v) is 7.12. The quantitative estimate of drug-likeness (QED) is 0.417. The third-order valence-electron chi connectivity index (χ3n) is 3.80. The predicted octanol–water partition coefficient (Wildman–Crippen LogP) is 3.79. The van der Waals surface area contributed by atoms with E-state index in [-0.39, 0.29) is 5.69 Å². The van der Waals surface area contributed by atoms with Crippen LogP contribution in [0.2, 0.25) is 0 Å². The summed E-state index contributed by atoms with van der Waals surface area (Å²) in [4.78, 5) is 15.0. The number of nitrogens with zero attached hydrogens (tertiary/aromatic N) is 4. The van der Waals surface area contributed by atoms with Crippen LogP contribution in [0.4, 0.5) is 5.69 Å². The normalized spacial score (nSPS) is 11.2. The number of nitro groups is 1. The van der Waals surface area contributed by atoms with Crippen molar-refractivity contribution in [2.45, 2.75) is 6.92 Å². The van der Waals surface area contributed by atoms with Gasteiger partial charge in [0.1, 0.15) is 0 Å². The summed E-state index contributed by atoms with van der Waals surface area (Å²) in [6.45, 7) is 2.05. The molecule has 2 aromatic heterocycles. The van der Waals surface area contributed by atoms with E-state index in [0.717, 1.165) is 27.6 Å². The molecule has 0 radical (unpaired) electrons. The molecule has 0 saturated carbocycles. The molecule has 2 heterocycles. The largest absolute Gasteiger partial charge is 0.269 e. The summed E-state index contributed by atoms with van der Waals surface area (Å²) in [5.74, 6) is 0. The number of hydrogen-bond donors (Lipinski definition) is 0. The molecular weight excluding hydrogens is 292 g/mol. The zero-order valence-corrected chi connectivity index (χ0v) is 12.3. The molecule has 0 aliphatic rings. The minimum absolute atomic E-state index is 0.0547. The number of rotatable bonds is 2. The Kier molecular flexibility index (Phi) is 2.84. The molecule has 0 saturated heterocycles. The maximum atomic E-state index is 10.8. The van der Waals surface area contributed by atoms with E-state index in [0.29, 0.717) is 0 Å². The van der Waals surface area contributed by atoms with Crippen LogP contribution in [-0.2, 0) is 0 Å². The van der Waals surface area contributed by atoms with Crippen molar-refractivity contribution in [2.24, 2.45) is 0 Å². The van der Waals surface area contributed by atoms with Crippen LogP contribution in [0.3, 0.4) is 0 Å². The van der Waals surface area contributed by atoms with Crippen molar-refractivity contribution >= 4 is 27.6 Å². The number of benzene rings is 2. The number of nitro benzene ring substituents is 1. The molecule has 0 unspecified atom stereocenters. The zero-order chi connectivity index (χ0) is 16.0. The smallest absolute Gasteiger partial charge is 0.258 e. The predicted molar refractivity (Wildman–Crippen MR) is 87.8 cm³/mol. The second-order valence-electron chi connectivity index (χ2n) is 5.43. The Balaban J connectivity index is 1.90. The van der Waals surface area contributed by atoms with E-state index in [4.69, 9.17) is 0 Å². The van der Waals surface area contributed by atoms with Gasteiger partial charge in [0.2, 0.25) is 0 Å². The van der Waals surface area contributed by atoms with Gasteiger partial charge in [0.25, 0.3) is 5.69 Å². The number of fused-ring (bicyclic) bond motifs is 2. The van der Waals surface area contributed by atoms with Gasteiger partial charge in [0.05, 0.1) is 22.3 Å². The lowest BCUT2D eigenvalue weighted by atomic mass is 10.1. The lowest BCUT2D eigenvalue weighted by Crippen LogP contribution is -1.98. The van der Waals surface area contributed by atoms with Crippen molar-refractivity contribution in [2.75, 3.05) is 0 Å². The standard InChI is InChI=1S/C17H12N4O2/c1-11-2-7-16-12(8-11)9-13-10-18-20(17(13)19-16)14-3-5-15(6-4-14)21(22)23/h2-10H,1H3. The summed E-state index contributed by atoms with van der Waals surface area (Å²) in [5.41, 5.74) is 3.60. The van der Waals surface area contributed by atoms with Crippen LogP contribution in [0.15, 0.2) is 54.7 Å². The topological polar surface area (TPSA) is 73.8 Å². The number of non-ortho nitro benzene ring substituents is 1. The average molecular weight is 304 g/mol. The van der Waals surface area contributed by atoms with E-state index >= 15 is 0 Å². The van der Waals surface area contributed by atoms with Gasteiger partial charge in [-0.25, -0.2) is 9.67 Å². The minimum Gasteiger partial charge on any atom is -0.258 e. The lowest BCUT2D eigenvalue weighted by Gasteiger charge is -2.04. The molecule has 0 N–H and O–H groups in total. The van der Waals surface area contributed by atoms with Crippen LogP contribution in [0.1, 0.15) is 5.56 Å². The SMILES string of the molecule is Cc1ccc2nc3c(cnn3-c3ccc([N+](=O)[O-])cc3)cc2c1. The van der Waals surface area contributed by atoms with Crippen molar-refractivity contribution in [3.63, 3.8) is 0 Å². The number of aryl methyl sites for hydroxylation is 1. The van der Waals surface area contributed by atoms with E-state index in [2.05, 4.69) is 22.2 Å². The first-order chi connectivity index (χ1) is 11.1. The summed E-state index contributed by atoms with van der Waals surface area (Å²) in [7, 11) is 0. The fourth-order valence-corrected chi connectivity index (χ4v) is 2.65. The van der Waals surface area contributed by atoms with Gasteiger partial charge in [-0.15, -0.1) is 0 Å². The highest BCUT2D eigenvalue weighted by Gasteiger charge is 2.10. The van der Waals surface area contributed by atoms with Gasteiger partial charge >= 0.3 is 0 Å². The monoisotopic (exact) mass is 304 g/mol. The van der Waals surface area contributed by atoms with E-state index in [1.807, 2.05) is 19.1 Å². The fourth-order valence-electron chi connectivity index (χ4n) is 2.65. The first kappa shape index (κ1) is 13.4. The summed E-state index contributed by atoms with van der Waals surface area (Å²) in [5, 5.41) is 17.1. The van der Waals surface area contributed by atoms with Gasteiger partial charge in [-0.05, 0) is 37.3 Å². The third kappa shape index (κ3) is 2.20. The summed E-state index contributed by atoms with van der Waals surface area (Å²) in [6, 6.07) is 14.4. The Bertz CT molecular complexity index is 1050. The molecule has 0 spiro atoms. The van der Waals surface area contributed by atoms with Crippen LogP contribution in [0, 0.1) is 17.0 Å². The Morgan fingerprint density at radius 1 is 1.04 bits per heavy atom. The van der Waals surface area contributed by atoms with Crippen molar-refractivity contribution < 1.29 is 4.92 Å². The third-order valence-corrected chi connectivity index (χ3v) is 3.80. The zero-order valence-electron chi connectivity index (χ0n) is 12.3. The summed E-state index contributed by atoms with van der Waals surface area (Å²) >= 11 is 0. The molecule has 0 amide bonds. The average Bonchev–Trinajstić information content (AvgIpc) is 2.95. The highest BCUT2D eigenvalue weighted by Crippen LogP contribution is 2.23. The van der Waals surface area contributed by atoms with Gasteiger partial charge < -0.3 is 0 Å². The highest BCUT2D eigenvalue weighted by atomic mass is 16.6. The van der Waals surface area contributed by atoms with E-state index in [9.17, 15) is 10.1 Å². The van der Waals surface area contributed by atoms with Crippen molar-refractivity contribution in [3.8, 4) is 5.69 Å². The molecule has 0 fully saturated rings. The summed E-state index contributed by atoms with van der Waals surface area (Å²) < 4.78 is 1.69. The second kappa shape index (κ2) is 4.88. The van der Waals surface area contributed by atoms with Crippen LogP contribution in [0.25, 0.3) is 27.6 Å². The van der Waals surface area contributed by atoms with Crippen LogP contribution in [-0.4, -0.2) is 19.7 Å². The molecule has 0 aliphatic carbocycles. The Morgan fingerprint density at radius 2 is 1.83 bits per heavy atom. The van der Waals surface area contributed by atoms with Crippen LogP contribution in [0.5, 0.6) is 0 Å². The van der Waals surface area contributed by atoms with E-state index < -0.39 is 4.92 Å². The molecular formula is C17H12N4O2. The molecule has 0 atom stereocenters. The van der Waals surface area contributed by atoms with Crippen LogP contribution >= 0.6 is 0 Å². The minimum atomic E-state index is -0.418. The second-order valence-corrected chi connectivity index (χ2v) is 5.43. The molecule has 112 valence electrons. The first-order valence-electron chi connectivity index (χ1n) is 7.12. The van der Waals surface area contributed by atoms with E-state index in [1.54, 1.807) is 23.0 Å². The Morgan fingerprint density at radius 3 is 2.57 bits per heavy atom. The van der Waals surface area contributed by atoms with Gasteiger partial charge in [-0.3, -0.25) is 10.1 Å². The van der Waals surface area contributed by atoms with Gasteiger partial charge in [0, 0.05) is 22.9 Å². The summed E-state index contributed by atoms with van der Waals surface area (Å²) in [6.07, 6.45) is 1.76. The molecule has 0 bridgehead atoms. The molecule has 6 nitrogen and oxygen atoms in total. The Labute approximate surface area is 131 Å². The maximum Gasteiger partial charge on any atom is 0.269 e. The molecule has 6 heteroatoms. The van der Waals surface area contributed by atoms with E-state index in [1.165, 1.54) is 17.7 Å². The number of aromatic nitrogens is 3. The van der Waals surface area contributed by atoms with Crippen molar-refractivity contribution in [1.29, 1.82) is 0 Å². The molecule has 4 aromatic rings. The Hall–Kier alpha value is -3.28. The lowest BCUT2D eigenvalue weighted by molar-refractivity contribution is -0.384. The van der Waals surface area contributed by atoms with Crippen molar-refractivity contribution in [1.82, 2.24) is 14.8 Å². The number of hydrogen-bond acceptors (Lipinski definition) is 4. The molecule has 23 heavy (non-hydrogen) atoms. The molecule has 4 rings (SSSR count). The molecule has 0 aliphatic heterocycles. The van der Waals surface area contributed by atoms with Crippen molar-refractivity contribution in [3.05, 3.63) is 70.4 Å². The molecule has 2 aromatic carbocycles. The highest BCUT2D eigenvalue weighted by molar-refractivity contribution is 5.91. The van der Waals surface area contributed by atoms with Gasteiger partial charge in [0.15, 0.2) is 5.65 Å². The van der Waals surface area contributed by atoms with Gasteiger partial charge in [-0.2, -0.15) is 5.10 Å². The van der Waals surface area contributed by atoms with Gasteiger partial charge in [-0.1, -0.05) is 11.6 Å².